The molecule has 0 fully saturated rings. The Hall–Kier alpha value is -0.700. The molecule has 0 atom stereocenters. The normalized spacial score (nSPS) is 10.5. The van der Waals surface area contributed by atoms with Crippen molar-refractivity contribution in [2.24, 2.45) is 0 Å². The lowest BCUT2D eigenvalue weighted by Gasteiger charge is -2.11. The average Bonchev–Trinajstić information content (AvgIpc) is 2.38. The Kier molecular flexibility index (Phi) is 5.56. The van der Waals surface area contributed by atoms with E-state index in [1.807, 2.05) is 42.5 Å². The Balaban J connectivity index is 2.24. The van der Waals surface area contributed by atoms with Crippen molar-refractivity contribution >= 4 is 39.1 Å². The zero-order valence-electron chi connectivity index (χ0n) is 10.2. The molecule has 2 aromatic carbocycles. The molecular weight excluding hydrogens is 347 g/mol. The smallest absolute Gasteiger partial charge is 0.122 e. The summed E-state index contributed by atoms with van der Waals surface area (Å²) in [5, 5.41) is 2.25. The molecule has 0 aromatic heterocycles. The molecule has 0 saturated carbocycles. The third-order valence-corrected chi connectivity index (χ3v) is 3.43. The van der Waals surface area contributed by atoms with Gasteiger partial charge in [-0.3, -0.25) is 0 Å². The van der Waals surface area contributed by atoms with Crippen LogP contribution in [0.4, 0.5) is 0 Å². The molecule has 0 aliphatic rings. The zero-order chi connectivity index (χ0) is 13.7. The maximum Gasteiger partial charge on any atom is 0.122 e. The number of benzene rings is 2. The Morgan fingerprint density at radius 1 is 1.00 bits per heavy atom. The van der Waals surface area contributed by atoms with E-state index >= 15 is 0 Å². The molecule has 100 valence electrons. The van der Waals surface area contributed by atoms with Crippen molar-refractivity contribution < 1.29 is 4.74 Å². The molecule has 0 heterocycles. The average molecular weight is 360 g/mol. The van der Waals surface area contributed by atoms with Crippen molar-refractivity contribution in [3.8, 4) is 5.75 Å². The zero-order valence-corrected chi connectivity index (χ0v) is 13.3. The summed E-state index contributed by atoms with van der Waals surface area (Å²) in [5.74, 6) is 0.865. The summed E-state index contributed by atoms with van der Waals surface area (Å²) in [6.45, 7) is 0.629. The van der Waals surface area contributed by atoms with Crippen LogP contribution in [-0.2, 0) is 6.42 Å². The molecule has 0 aliphatic carbocycles. The van der Waals surface area contributed by atoms with Gasteiger partial charge in [0.25, 0.3) is 0 Å². The minimum Gasteiger partial charge on any atom is -0.492 e. The summed E-state index contributed by atoms with van der Waals surface area (Å²) in [7, 11) is 0. The molecule has 2 aromatic rings. The first-order valence-electron chi connectivity index (χ1n) is 5.90. The van der Waals surface area contributed by atoms with E-state index in [4.69, 9.17) is 27.9 Å². The van der Waals surface area contributed by atoms with E-state index < -0.39 is 0 Å². The monoisotopic (exact) mass is 358 g/mol. The minimum atomic E-state index is 0.629. The summed E-state index contributed by atoms with van der Waals surface area (Å²) >= 11 is 15.4. The fourth-order valence-electron chi connectivity index (χ4n) is 1.84. The van der Waals surface area contributed by atoms with Crippen molar-refractivity contribution in [3.63, 3.8) is 0 Å². The topological polar surface area (TPSA) is 9.23 Å². The Bertz CT molecular complexity index is 558. The first kappa shape index (κ1) is 14.7. The van der Waals surface area contributed by atoms with Crippen molar-refractivity contribution in [1.29, 1.82) is 0 Å². The lowest BCUT2D eigenvalue weighted by atomic mass is 10.0. The van der Waals surface area contributed by atoms with Gasteiger partial charge in [0, 0.05) is 21.8 Å². The predicted octanol–water partition coefficient (Wildman–Crippen LogP) is 5.36. The van der Waals surface area contributed by atoms with Gasteiger partial charge in [0.1, 0.15) is 5.75 Å². The van der Waals surface area contributed by atoms with Crippen LogP contribution in [0.3, 0.4) is 0 Å². The third kappa shape index (κ3) is 4.41. The van der Waals surface area contributed by atoms with Gasteiger partial charge in [-0.1, -0.05) is 51.3 Å². The summed E-state index contributed by atoms with van der Waals surface area (Å²) in [6.07, 6.45) is 0.749. The highest BCUT2D eigenvalue weighted by Gasteiger charge is 2.06. The summed E-state index contributed by atoms with van der Waals surface area (Å²) in [4.78, 5) is 0. The van der Waals surface area contributed by atoms with E-state index in [1.165, 1.54) is 0 Å². The van der Waals surface area contributed by atoms with Crippen LogP contribution in [0.15, 0.2) is 42.5 Å². The van der Waals surface area contributed by atoms with Gasteiger partial charge in [0.15, 0.2) is 0 Å². The molecule has 0 aliphatic heterocycles. The van der Waals surface area contributed by atoms with Gasteiger partial charge < -0.3 is 4.74 Å². The summed E-state index contributed by atoms with van der Waals surface area (Å²) in [6, 6.07) is 13.5. The van der Waals surface area contributed by atoms with E-state index in [0.29, 0.717) is 11.6 Å². The molecule has 0 N–H and O–H groups in total. The van der Waals surface area contributed by atoms with Crippen LogP contribution in [0.5, 0.6) is 5.75 Å². The maximum atomic E-state index is 6.06. The molecule has 0 radical (unpaired) electrons. The molecule has 0 spiro atoms. The fraction of sp³-hybridized carbons (Fsp3) is 0.200. The van der Waals surface area contributed by atoms with E-state index in [0.717, 1.165) is 33.6 Å². The second-order valence-electron chi connectivity index (χ2n) is 4.10. The van der Waals surface area contributed by atoms with Crippen LogP contribution >= 0.6 is 39.1 Å². The van der Waals surface area contributed by atoms with E-state index in [2.05, 4.69) is 15.9 Å². The second kappa shape index (κ2) is 7.18. The lowest BCUT2D eigenvalue weighted by molar-refractivity contribution is 0.342. The highest BCUT2D eigenvalue weighted by Crippen LogP contribution is 2.26. The standard InChI is InChI=1S/C15H13BrCl2O/c16-6-7-19-15-5-4-14(18)10-12(15)8-11-2-1-3-13(17)9-11/h1-5,9-10H,6-8H2. The van der Waals surface area contributed by atoms with Gasteiger partial charge in [-0.15, -0.1) is 0 Å². The first-order valence-corrected chi connectivity index (χ1v) is 7.78. The van der Waals surface area contributed by atoms with Gasteiger partial charge in [0.2, 0.25) is 0 Å². The second-order valence-corrected chi connectivity index (χ2v) is 5.76. The third-order valence-electron chi connectivity index (χ3n) is 2.64. The van der Waals surface area contributed by atoms with Gasteiger partial charge >= 0.3 is 0 Å². The van der Waals surface area contributed by atoms with Crippen LogP contribution in [0, 0.1) is 0 Å². The molecule has 19 heavy (non-hydrogen) atoms. The summed E-state index contributed by atoms with van der Waals surface area (Å²) in [5.41, 5.74) is 2.20. The summed E-state index contributed by atoms with van der Waals surface area (Å²) < 4.78 is 5.71. The molecule has 4 heteroatoms. The van der Waals surface area contributed by atoms with E-state index in [9.17, 15) is 0 Å². The number of ether oxygens (including phenoxy) is 1. The largest absolute Gasteiger partial charge is 0.492 e. The molecule has 0 saturated heterocycles. The molecule has 0 bridgehead atoms. The first-order chi connectivity index (χ1) is 9.19. The Morgan fingerprint density at radius 2 is 1.79 bits per heavy atom. The number of halogens is 3. The van der Waals surface area contributed by atoms with Crippen LogP contribution in [0.25, 0.3) is 0 Å². The van der Waals surface area contributed by atoms with Gasteiger partial charge in [0.05, 0.1) is 6.61 Å². The molecular formula is C15H13BrCl2O. The quantitative estimate of drug-likeness (QED) is 0.653. The van der Waals surface area contributed by atoms with Crippen molar-refractivity contribution in [2.75, 3.05) is 11.9 Å². The van der Waals surface area contributed by atoms with Crippen LogP contribution < -0.4 is 4.74 Å². The highest BCUT2D eigenvalue weighted by atomic mass is 79.9. The minimum absolute atomic E-state index is 0.629. The molecule has 0 unspecified atom stereocenters. The maximum absolute atomic E-state index is 6.06. The number of hydrogen-bond donors (Lipinski definition) is 0. The lowest BCUT2D eigenvalue weighted by Crippen LogP contribution is -2.01. The SMILES string of the molecule is Clc1cccc(Cc2cc(Cl)ccc2OCCBr)c1. The highest BCUT2D eigenvalue weighted by molar-refractivity contribution is 9.09. The van der Waals surface area contributed by atoms with Gasteiger partial charge in [-0.2, -0.15) is 0 Å². The number of rotatable bonds is 5. The fourth-order valence-corrected chi connectivity index (χ4v) is 2.41. The molecule has 2 rings (SSSR count). The van der Waals surface area contributed by atoms with Gasteiger partial charge in [-0.05, 0) is 41.5 Å². The van der Waals surface area contributed by atoms with E-state index in [1.54, 1.807) is 0 Å². The van der Waals surface area contributed by atoms with E-state index in [-0.39, 0.29) is 0 Å². The van der Waals surface area contributed by atoms with Crippen LogP contribution in [-0.4, -0.2) is 11.9 Å². The van der Waals surface area contributed by atoms with Crippen molar-refractivity contribution in [1.82, 2.24) is 0 Å². The Labute approximate surface area is 131 Å². The van der Waals surface area contributed by atoms with Crippen molar-refractivity contribution in [3.05, 3.63) is 63.6 Å². The van der Waals surface area contributed by atoms with Crippen molar-refractivity contribution in [2.45, 2.75) is 6.42 Å². The molecule has 1 nitrogen and oxygen atoms in total. The van der Waals surface area contributed by atoms with Crippen LogP contribution in [0.1, 0.15) is 11.1 Å². The Morgan fingerprint density at radius 3 is 2.53 bits per heavy atom. The predicted molar refractivity (Wildman–Crippen MR) is 85.0 cm³/mol. The van der Waals surface area contributed by atoms with Gasteiger partial charge in [-0.25, -0.2) is 0 Å². The molecule has 0 amide bonds. The number of alkyl halides is 1. The number of hydrogen-bond acceptors (Lipinski definition) is 1. The van der Waals surface area contributed by atoms with Crippen LogP contribution in [0.2, 0.25) is 10.0 Å².